The van der Waals surface area contributed by atoms with Crippen LogP contribution in [-0.2, 0) is 17.6 Å². The topological polar surface area (TPSA) is 43.4 Å². The SMILES string of the molecule is CCCCCCOC(=O)c1ccc(CC)c(CC)c1C(=O)c1ccccc1. The summed E-state index contributed by atoms with van der Waals surface area (Å²) in [5.74, 6) is -0.510. The minimum atomic E-state index is -0.400. The van der Waals surface area contributed by atoms with Crippen LogP contribution in [0.3, 0.4) is 0 Å². The van der Waals surface area contributed by atoms with Crippen molar-refractivity contribution in [2.24, 2.45) is 0 Å². The van der Waals surface area contributed by atoms with Gasteiger partial charge in [-0.05, 0) is 36.5 Å². The summed E-state index contributed by atoms with van der Waals surface area (Å²) in [6.45, 7) is 6.64. The predicted molar refractivity (Wildman–Crippen MR) is 109 cm³/mol. The van der Waals surface area contributed by atoms with Crippen LogP contribution < -0.4 is 0 Å². The first kappa shape index (κ1) is 20.9. The number of rotatable bonds is 10. The minimum Gasteiger partial charge on any atom is -0.462 e. The number of hydrogen-bond donors (Lipinski definition) is 0. The molecule has 144 valence electrons. The first-order valence-corrected chi connectivity index (χ1v) is 10.1. The van der Waals surface area contributed by atoms with Crippen LogP contribution in [0, 0.1) is 0 Å². The molecular weight excluding hydrogens is 336 g/mol. The third-order valence-corrected chi connectivity index (χ3v) is 4.86. The molecule has 0 atom stereocenters. The summed E-state index contributed by atoms with van der Waals surface area (Å²) in [7, 11) is 0. The summed E-state index contributed by atoms with van der Waals surface area (Å²) in [5.41, 5.74) is 3.54. The summed E-state index contributed by atoms with van der Waals surface area (Å²) in [6.07, 6.45) is 5.71. The van der Waals surface area contributed by atoms with Gasteiger partial charge in [0, 0.05) is 11.1 Å². The fourth-order valence-electron chi connectivity index (χ4n) is 3.36. The molecule has 0 bridgehead atoms. The molecule has 0 aliphatic carbocycles. The number of carbonyl (C=O) groups excluding carboxylic acids is 2. The van der Waals surface area contributed by atoms with E-state index in [1.54, 1.807) is 18.2 Å². The van der Waals surface area contributed by atoms with E-state index in [0.717, 1.165) is 43.2 Å². The standard InChI is InChI=1S/C24H30O3/c1-4-7-8-12-17-27-24(26)21-16-15-18(5-2)20(6-3)22(21)23(25)19-13-10-9-11-14-19/h9-11,13-16H,4-8,12,17H2,1-3H3. The van der Waals surface area contributed by atoms with Gasteiger partial charge in [0.2, 0.25) is 0 Å². The third-order valence-electron chi connectivity index (χ3n) is 4.86. The molecule has 2 rings (SSSR count). The number of esters is 1. The van der Waals surface area contributed by atoms with Gasteiger partial charge in [0.25, 0.3) is 0 Å². The van der Waals surface area contributed by atoms with Gasteiger partial charge in [0.05, 0.1) is 12.2 Å². The first-order valence-electron chi connectivity index (χ1n) is 10.1. The number of benzene rings is 2. The predicted octanol–water partition coefficient (Wildman–Crippen LogP) is 5.78. The normalized spacial score (nSPS) is 10.6. The van der Waals surface area contributed by atoms with Crippen molar-refractivity contribution < 1.29 is 14.3 Å². The molecule has 27 heavy (non-hydrogen) atoms. The molecule has 0 unspecified atom stereocenters. The van der Waals surface area contributed by atoms with Crippen LogP contribution in [0.15, 0.2) is 42.5 Å². The molecule has 0 aliphatic heterocycles. The van der Waals surface area contributed by atoms with Gasteiger partial charge in [-0.3, -0.25) is 4.79 Å². The number of aryl methyl sites for hydroxylation is 1. The van der Waals surface area contributed by atoms with Crippen LogP contribution in [-0.4, -0.2) is 18.4 Å². The van der Waals surface area contributed by atoms with Crippen molar-refractivity contribution in [1.82, 2.24) is 0 Å². The molecule has 0 saturated heterocycles. The van der Waals surface area contributed by atoms with E-state index in [-0.39, 0.29) is 5.78 Å². The lowest BCUT2D eigenvalue weighted by Gasteiger charge is -2.16. The van der Waals surface area contributed by atoms with Crippen molar-refractivity contribution in [2.75, 3.05) is 6.61 Å². The summed E-state index contributed by atoms with van der Waals surface area (Å²) < 4.78 is 5.48. The van der Waals surface area contributed by atoms with E-state index in [1.165, 1.54) is 0 Å². The molecule has 2 aromatic rings. The van der Waals surface area contributed by atoms with Crippen LogP contribution in [0.4, 0.5) is 0 Å². The second kappa shape index (κ2) is 10.7. The molecule has 0 aromatic heterocycles. The van der Waals surface area contributed by atoms with Gasteiger partial charge in [-0.25, -0.2) is 4.79 Å². The lowest BCUT2D eigenvalue weighted by atomic mass is 9.88. The summed E-state index contributed by atoms with van der Waals surface area (Å²) >= 11 is 0. The highest BCUT2D eigenvalue weighted by Crippen LogP contribution is 2.25. The third kappa shape index (κ3) is 5.29. The zero-order valence-electron chi connectivity index (χ0n) is 16.7. The number of unbranched alkanes of at least 4 members (excludes halogenated alkanes) is 3. The highest BCUT2D eigenvalue weighted by atomic mass is 16.5. The minimum absolute atomic E-state index is 0.110. The molecule has 0 aliphatic rings. The lowest BCUT2D eigenvalue weighted by Crippen LogP contribution is -2.17. The molecule has 0 heterocycles. The number of carbonyl (C=O) groups is 2. The van der Waals surface area contributed by atoms with Gasteiger partial charge in [0.15, 0.2) is 5.78 Å². The average molecular weight is 367 g/mol. The molecule has 3 heteroatoms. The van der Waals surface area contributed by atoms with E-state index in [0.29, 0.717) is 29.7 Å². The average Bonchev–Trinajstić information content (AvgIpc) is 2.72. The van der Waals surface area contributed by atoms with E-state index in [9.17, 15) is 9.59 Å². The molecule has 0 saturated carbocycles. The summed E-state index contributed by atoms with van der Waals surface area (Å²) in [4.78, 5) is 26.0. The molecular formula is C24H30O3. The Labute approximate surface area is 162 Å². The van der Waals surface area contributed by atoms with Crippen molar-refractivity contribution in [1.29, 1.82) is 0 Å². The van der Waals surface area contributed by atoms with E-state index < -0.39 is 5.97 Å². The van der Waals surface area contributed by atoms with Gasteiger partial charge < -0.3 is 4.74 Å². The number of ether oxygens (including phenoxy) is 1. The fraction of sp³-hybridized carbons (Fsp3) is 0.417. The Morgan fingerprint density at radius 3 is 2.22 bits per heavy atom. The maximum atomic E-state index is 13.2. The van der Waals surface area contributed by atoms with Gasteiger partial charge in [-0.15, -0.1) is 0 Å². The van der Waals surface area contributed by atoms with Crippen molar-refractivity contribution in [3.63, 3.8) is 0 Å². The summed E-state index contributed by atoms with van der Waals surface area (Å²) in [6, 6.07) is 12.9. The molecule has 0 radical (unpaired) electrons. The molecule has 2 aromatic carbocycles. The van der Waals surface area contributed by atoms with Crippen molar-refractivity contribution in [3.8, 4) is 0 Å². The van der Waals surface area contributed by atoms with Crippen LogP contribution in [0.25, 0.3) is 0 Å². The van der Waals surface area contributed by atoms with E-state index >= 15 is 0 Å². The van der Waals surface area contributed by atoms with Crippen molar-refractivity contribution >= 4 is 11.8 Å². The van der Waals surface area contributed by atoms with Crippen LogP contribution in [0.2, 0.25) is 0 Å². The second-order valence-corrected chi connectivity index (χ2v) is 6.72. The Morgan fingerprint density at radius 2 is 1.59 bits per heavy atom. The van der Waals surface area contributed by atoms with E-state index in [1.807, 2.05) is 31.2 Å². The Bertz CT molecular complexity index is 763. The number of ketones is 1. The van der Waals surface area contributed by atoms with Crippen LogP contribution >= 0.6 is 0 Å². The highest BCUT2D eigenvalue weighted by Gasteiger charge is 2.24. The van der Waals surface area contributed by atoms with Gasteiger partial charge in [-0.2, -0.15) is 0 Å². The summed E-state index contributed by atoms with van der Waals surface area (Å²) in [5, 5.41) is 0. The Morgan fingerprint density at radius 1 is 0.852 bits per heavy atom. The Kier molecular flexibility index (Phi) is 8.25. The molecule has 3 nitrogen and oxygen atoms in total. The fourth-order valence-corrected chi connectivity index (χ4v) is 3.36. The number of hydrogen-bond acceptors (Lipinski definition) is 3. The maximum absolute atomic E-state index is 13.2. The van der Waals surface area contributed by atoms with Gasteiger partial charge in [0.1, 0.15) is 0 Å². The zero-order valence-corrected chi connectivity index (χ0v) is 16.7. The van der Waals surface area contributed by atoms with E-state index in [2.05, 4.69) is 13.8 Å². The quantitative estimate of drug-likeness (QED) is 0.304. The monoisotopic (exact) mass is 366 g/mol. The van der Waals surface area contributed by atoms with Crippen molar-refractivity contribution in [3.05, 3.63) is 70.3 Å². The maximum Gasteiger partial charge on any atom is 0.338 e. The van der Waals surface area contributed by atoms with E-state index in [4.69, 9.17) is 4.74 Å². The lowest BCUT2D eigenvalue weighted by molar-refractivity contribution is 0.0495. The largest absolute Gasteiger partial charge is 0.462 e. The van der Waals surface area contributed by atoms with Gasteiger partial charge >= 0.3 is 5.97 Å². The molecule has 0 amide bonds. The zero-order chi connectivity index (χ0) is 19.6. The smallest absolute Gasteiger partial charge is 0.338 e. The molecule has 0 spiro atoms. The Balaban J connectivity index is 2.36. The van der Waals surface area contributed by atoms with Crippen LogP contribution in [0.1, 0.15) is 83.9 Å². The molecule has 0 fully saturated rings. The first-order chi connectivity index (χ1) is 13.1. The van der Waals surface area contributed by atoms with Crippen molar-refractivity contribution in [2.45, 2.75) is 59.3 Å². The molecule has 0 N–H and O–H groups in total. The highest BCUT2D eigenvalue weighted by molar-refractivity contribution is 6.15. The van der Waals surface area contributed by atoms with Gasteiger partial charge in [-0.1, -0.05) is 76.4 Å². The van der Waals surface area contributed by atoms with Crippen LogP contribution in [0.5, 0.6) is 0 Å². The second-order valence-electron chi connectivity index (χ2n) is 6.72. The Hall–Kier alpha value is -2.42.